The maximum absolute atomic E-state index is 4.43. The molecule has 7 nitrogen and oxygen atoms in total. The second kappa shape index (κ2) is 6.85. The summed E-state index contributed by atoms with van der Waals surface area (Å²) in [6.07, 6.45) is 9.09. The van der Waals surface area contributed by atoms with Gasteiger partial charge in [0.05, 0.1) is 6.20 Å². The quantitative estimate of drug-likeness (QED) is 0.675. The number of nitrogens with zero attached hydrogens (tertiary/aromatic N) is 6. The fourth-order valence-corrected chi connectivity index (χ4v) is 3.14. The van der Waals surface area contributed by atoms with Crippen molar-refractivity contribution in [1.82, 2.24) is 29.5 Å². The first-order valence-electron chi connectivity index (χ1n) is 8.09. The summed E-state index contributed by atoms with van der Waals surface area (Å²) in [6, 6.07) is 0. The van der Waals surface area contributed by atoms with Crippen molar-refractivity contribution in [3.05, 3.63) is 36.2 Å². The van der Waals surface area contributed by atoms with E-state index in [1.807, 2.05) is 44.3 Å². The van der Waals surface area contributed by atoms with Crippen molar-refractivity contribution in [1.29, 1.82) is 0 Å². The second-order valence-electron chi connectivity index (χ2n) is 6.02. The summed E-state index contributed by atoms with van der Waals surface area (Å²) in [4.78, 5) is 11.0. The van der Waals surface area contributed by atoms with Crippen LogP contribution in [0, 0.1) is 6.92 Å². The average Bonchev–Trinajstić information content (AvgIpc) is 3.25. The molecule has 0 aliphatic carbocycles. The van der Waals surface area contributed by atoms with Gasteiger partial charge in [-0.25, -0.2) is 4.98 Å². The van der Waals surface area contributed by atoms with Crippen LogP contribution in [0.15, 0.2) is 29.8 Å². The Morgan fingerprint density at radius 3 is 3.00 bits per heavy atom. The Balaban J connectivity index is 1.52. The van der Waals surface area contributed by atoms with E-state index in [1.54, 1.807) is 0 Å². The Labute approximate surface area is 137 Å². The molecule has 3 heterocycles. The van der Waals surface area contributed by atoms with E-state index in [2.05, 4.69) is 36.1 Å². The molecule has 1 aliphatic heterocycles. The molecule has 1 saturated heterocycles. The highest BCUT2D eigenvalue weighted by molar-refractivity contribution is 5.80. The number of likely N-dealkylation sites (tertiary alicyclic amines) is 1. The Kier molecular flexibility index (Phi) is 4.64. The Morgan fingerprint density at radius 1 is 1.48 bits per heavy atom. The van der Waals surface area contributed by atoms with Gasteiger partial charge in [-0.05, 0) is 18.9 Å². The van der Waals surface area contributed by atoms with Crippen molar-refractivity contribution >= 4 is 5.96 Å². The van der Waals surface area contributed by atoms with Crippen molar-refractivity contribution in [2.75, 3.05) is 26.7 Å². The molecule has 0 bridgehead atoms. The highest BCUT2D eigenvalue weighted by Crippen LogP contribution is 2.26. The number of nitrogens with one attached hydrogen (secondary N) is 1. The van der Waals surface area contributed by atoms with E-state index in [-0.39, 0.29) is 0 Å². The Bertz CT molecular complexity index is 670. The molecule has 7 heteroatoms. The zero-order valence-electron chi connectivity index (χ0n) is 14.1. The number of aryl methyl sites for hydroxylation is 2. The average molecular weight is 315 g/mol. The van der Waals surface area contributed by atoms with Crippen LogP contribution in [0.25, 0.3) is 0 Å². The number of aliphatic imine (C=N–C) groups is 1. The summed E-state index contributed by atoms with van der Waals surface area (Å²) < 4.78 is 4.02. The molecular weight excluding hydrogens is 290 g/mol. The van der Waals surface area contributed by atoms with Crippen LogP contribution in [0.3, 0.4) is 0 Å². The molecule has 0 radical (unpaired) electrons. The highest BCUT2D eigenvalue weighted by atomic mass is 15.3. The van der Waals surface area contributed by atoms with Gasteiger partial charge in [-0.1, -0.05) is 0 Å². The lowest BCUT2D eigenvalue weighted by Crippen LogP contribution is -2.41. The van der Waals surface area contributed by atoms with Gasteiger partial charge in [-0.3, -0.25) is 9.67 Å². The molecule has 1 aliphatic rings. The third-order valence-corrected chi connectivity index (χ3v) is 4.46. The van der Waals surface area contributed by atoms with Gasteiger partial charge in [-0.15, -0.1) is 0 Å². The number of hydrogen-bond donors (Lipinski definition) is 1. The maximum atomic E-state index is 4.43. The SMILES string of the molecule is CN=C(NCCn1ccnc1C)N1CCC(c2cnn(C)c2)C1. The molecule has 1 N–H and O–H groups in total. The van der Waals surface area contributed by atoms with Crippen LogP contribution in [-0.2, 0) is 13.6 Å². The van der Waals surface area contributed by atoms with Gasteiger partial charge in [0.25, 0.3) is 0 Å². The van der Waals surface area contributed by atoms with Crippen LogP contribution in [-0.4, -0.2) is 56.9 Å². The van der Waals surface area contributed by atoms with Crippen LogP contribution >= 0.6 is 0 Å². The predicted octanol–water partition coefficient (Wildman–Crippen LogP) is 0.990. The predicted molar refractivity (Wildman–Crippen MR) is 90.5 cm³/mol. The largest absolute Gasteiger partial charge is 0.354 e. The van der Waals surface area contributed by atoms with Crippen molar-refractivity contribution in [2.45, 2.75) is 25.8 Å². The fraction of sp³-hybridized carbons (Fsp3) is 0.562. The number of imidazole rings is 1. The molecule has 2 aromatic heterocycles. The first-order valence-corrected chi connectivity index (χ1v) is 8.09. The summed E-state index contributed by atoms with van der Waals surface area (Å²) in [7, 11) is 3.82. The van der Waals surface area contributed by atoms with Crippen molar-refractivity contribution in [3.63, 3.8) is 0 Å². The van der Waals surface area contributed by atoms with Crippen LogP contribution in [0.4, 0.5) is 0 Å². The first kappa shape index (κ1) is 15.6. The zero-order valence-corrected chi connectivity index (χ0v) is 14.1. The minimum atomic E-state index is 0.540. The minimum Gasteiger partial charge on any atom is -0.354 e. The van der Waals surface area contributed by atoms with Gasteiger partial charge in [0.2, 0.25) is 0 Å². The molecule has 1 unspecified atom stereocenters. The number of hydrogen-bond acceptors (Lipinski definition) is 3. The lowest BCUT2D eigenvalue weighted by molar-refractivity contribution is 0.481. The molecule has 0 saturated carbocycles. The fourth-order valence-electron chi connectivity index (χ4n) is 3.14. The van der Waals surface area contributed by atoms with E-state index in [0.717, 1.165) is 44.4 Å². The molecule has 124 valence electrons. The van der Waals surface area contributed by atoms with E-state index >= 15 is 0 Å². The number of guanidine groups is 1. The summed E-state index contributed by atoms with van der Waals surface area (Å²) in [6.45, 7) is 5.79. The van der Waals surface area contributed by atoms with Gasteiger partial charge in [0.1, 0.15) is 5.82 Å². The lowest BCUT2D eigenvalue weighted by Gasteiger charge is -2.21. The van der Waals surface area contributed by atoms with E-state index in [0.29, 0.717) is 5.92 Å². The van der Waals surface area contributed by atoms with Gasteiger partial charge in [-0.2, -0.15) is 5.10 Å². The molecular formula is C16H25N7. The van der Waals surface area contributed by atoms with Crippen LogP contribution in [0.5, 0.6) is 0 Å². The smallest absolute Gasteiger partial charge is 0.193 e. The topological polar surface area (TPSA) is 63.3 Å². The summed E-state index contributed by atoms with van der Waals surface area (Å²) >= 11 is 0. The van der Waals surface area contributed by atoms with E-state index < -0.39 is 0 Å². The number of rotatable bonds is 4. The minimum absolute atomic E-state index is 0.540. The second-order valence-corrected chi connectivity index (χ2v) is 6.02. The van der Waals surface area contributed by atoms with Gasteiger partial charge < -0.3 is 14.8 Å². The molecule has 0 spiro atoms. The van der Waals surface area contributed by atoms with Crippen LogP contribution in [0.1, 0.15) is 23.7 Å². The van der Waals surface area contributed by atoms with Crippen molar-refractivity contribution < 1.29 is 0 Å². The molecule has 1 atom stereocenters. The Morgan fingerprint density at radius 2 is 2.35 bits per heavy atom. The van der Waals surface area contributed by atoms with E-state index in [9.17, 15) is 0 Å². The van der Waals surface area contributed by atoms with Crippen LogP contribution in [0.2, 0.25) is 0 Å². The van der Waals surface area contributed by atoms with E-state index in [4.69, 9.17) is 0 Å². The zero-order chi connectivity index (χ0) is 16.2. The van der Waals surface area contributed by atoms with Gasteiger partial charge in [0.15, 0.2) is 5.96 Å². The summed E-state index contributed by atoms with van der Waals surface area (Å²) in [5.74, 6) is 2.56. The van der Waals surface area contributed by atoms with Crippen molar-refractivity contribution in [3.8, 4) is 0 Å². The molecule has 1 fully saturated rings. The standard InChI is InChI=1S/C16H25N7/c1-13-18-5-8-22(13)9-6-19-16(17-2)23-7-4-14(12-23)15-10-20-21(3)11-15/h5,8,10-11,14H,4,6-7,9,12H2,1-3H3,(H,17,19). The normalized spacial score (nSPS) is 18.7. The van der Waals surface area contributed by atoms with Gasteiger partial charge >= 0.3 is 0 Å². The summed E-state index contributed by atoms with van der Waals surface area (Å²) in [5, 5.41) is 7.74. The third-order valence-electron chi connectivity index (χ3n) is 4.46. The highest BCUT2D eigenvalue weighted by Gasteiger charge is 2.26. The lowest BCUT2D eigenvalue weighted by atomic mass is 10.0. The first-order chi connectivity index (χ1) is 11.2. The molecule has 3 rings (SSSR count). The van der Waals surface area contributed by atoms with E-state index in [1.165, 1.54) is 5.56 Å². The molecule has 2 aromatic rings. The third kappa shape index (κ3) is 3.55. The maximum Gasteiger partial charge on any atom is 0.193 e. The monoisotopic (exact) mass is 315 g/mol. The molecule has 0 amide bonds. The Hall–Kier alpha value is -2.31. The van der Waals surface area contributed by atoms with Crippen molar-refractivity contribution in [2.24, 2.45) is 12.0 Å². The molecule has 23 heavy (non-hydrogen) atoms. The summed E-state index contributed by atoms with van der Waals surface area (Å²) in [5.41, 5.74) is 1.32. The number of aromatic nitrogens is 4. The molecule has 0 aromatic carbocycles. The van der Waals surface area contributed by atoms with Crippen LogP contribution < -0.4 is 5.32 Å². The van der Waals surface area contributed by atoms with Gasteiger partial charge in [0, 0.05) is 64.8 Å².